The fourth-order valence-electron chi connectivity index (χ4n) is 1.09. The third kappa shape index (κ3) is 3.63. The van der Waals surface area contributed by atoms with Crippen molar-refractivity contribution in [1.29, 1.82) is 0 Å². The molecule has 0 radical (unpaired) electrons. The maximum atomic E-state index is 11.0. The summed E-state index contributed by atoms with van der Waals surface area (Å²) in [5.74, 6) is 2.07. The standard InChI is InChI=1S/C11H10BrNO/c1-9-3-2-4-10(7-9)8-13-11(14)5-6-12/h2-4,7H,8H2,1H3,(H,13,14). The van der Waals surface area contributed by atoms with Crippen LogP contribution in [0.5, 0.6) is 0 Å². The van der Waals surface area contributed by atoms with Gasteiger partial charge < -0.3 is 5.32 Å². The lowest BCUT2D eigenvalue weighted by Crippen LogP contribution is -2.20. The highest BCUT2D eigenvalue weighted by atomic mass is 79.9. The molecule has 0 spiro atoms. The molecular formula is C11H10BrNO. The number of carbonyl (C=O) groups excluding carboxylic acids is 1. The summed E-state index contributed by atoms with van der Waals surface area (Å²) >= 11 is 2.87. The van der Waals surface area contributed by atoms with Crippen LogP contribution in [0.4, 0.5) is 0 Å². The number of amides is 1. The third-order valence-electron chi connectivity index (χ3n) is 1.70. The summed E-state index contributed by atoms with van der Waals surface area (Å²) in [4.78, 5) is 13.4. The van der Waals surface area contributed by atoms with Gasteiger partial charge in [0.25, 0.3) is 5.91 Å². The second kappa shape index (κ2) is 5.46. The van der Waals surface area contributed by atoms with E-state index in [2.05, 4.69) is 32.0 Å². The van der Waals surface area contributed by atoms with Crippen LogP contribution in [0, 0.1) is 17.7 Å². The van der Waals surface area contributed by atoms with E-state index in [1.54, 1.807) is 0 Å². The maximum Gasteiger partial charge on any atom is 0.297 e. The molecule has 0 bridgehead atoms. The SMILES string of the molecule is Cc1cccc(CNC(=O)C#CBr)c1. The summed E-state index contributed by atoms with van der Waals surface area (Å²) in [6, 6.07) is 7.98. The second-order valence-corrected chi connectivity index (χ2v) is 3.29. The lowest BCUT2D eigenvalue weighted by atomic mass is 10.1. The van der Waals surface area contributed by atoms with Crippen LogP contribution in [0.1, 0.15) is 11.1 Å². The Kier molecular flexibility index (Phi) is 4.21. The molecule has 1 rings (SSSR count). The van der Waals surface area contributed by atoms with Gasteiger partial charge in [0.2, 0.25) is 0 Å². The summed E-state index contributed by atoms with van der Waals surface area (Å²) in [6.07, 6.45) is 0. The predicted molar refractivity (Wildman–Crippen MR) is 59.7 cm³/mol. The Bertz CT molecular complexity index is 390. The Balaban J connectivity index is 2.52. The Labute approximate surface area is 91.8 Å². The first-order valence-electron chi connectivity index (χ1n) is 4.17. The second-order valence-electron chi connectivity index (χ2n) is 2.89. The molecule has 0 aromatic heterocycles. The zero-order valence-electron chi connectivity index (χ0n) is 7.80. The molecule has 1 amide bonds. The number of halogens is 1. The van der Waals surface area contributed by atoms with E-state index in [-0.39, 0.29) is 5.91 Å². The van der Waals surface area contributed by atoms with Crippen molar-refractivity contribution in [3.63, 3.8) is 0 Å². The molecule has 0 unspecified atom stereocenters. The highest BCUT2D eigenvalue weighted by Gasteiger charge is 1.96. The van der Waals surface area contributed by atoms with Gasteiger partial charge in [-0.25, -0.2) is 0 Å². The molecule has 0 saturated heterocycles. The molecule has 0 heterocycles. The van der Waals surface area contributed by atoms with E-state index in [0.29, 0.717) is 6.54 Å². The Morgan fingerprint density at radius 3 is 3.00 bits per heavy atom. The third-order valence-corrected chi connectivity index (χ3v) is 1.89. The zero-order valence-corrected chi connectivity index (χ0v) is 9.39. The molecular weight excluding hydrogens is 242 g/mol. The quantitative estimate of drug-likeness (QED) is 0.801. The van der Waals surface area contributed by atoms with Crippen LogP contribution in [0.2, 0.25) is 0 Å². The van der Waals surface area contributed by atoms with E-state index in [1.165, 1.54) is 5.56 Å². The average molecular weight is 252 g/mol. The van der Waals surface area contributed by atoms with Crippen LogP contribution < -0.4 is 5.32 Å². The molecule has 0 atom stereocenters. The van der Waals surface area contributed by atoms with Gasteiger partial charge in [0, 0.05) is 28.4 Å². The lowest BCUT2D eigenvalue weighted by Gasteiger charge is -2.02. The van der Waals surface area contributed by atoms with Crippen molar-refractivity contribution in [2.24, 2.45) is 0 Å². The van der Waals surface area contributed by atoms with Crippen molar-refractivity contribution in [1.82, 2.24) is 5.32 Å². The van der Waals surface area contributed by atoms with Gasteiger partial charge in [-0.05, 0) is 17.3 Å². The number of carbonyl (C=O) groups is 1. The van der Waals surface area contributed by atoms with Crippen molar-refractivity contribution >= 4 is 21.8 Å². The number of aryl methyl sites for hydroxylation is 1. The van der Waals surface area contributed by atoms with Gasteiger partial charge in [0.15, 0.2) is 0 Å². The molecule has 14 heavy (non-hydrogen) atoms. The highest BCUT2D eigenvalue weighted by molar-refractivity contribution is 9.12. The first-order valence-corrected chi connectivity index (χ1v) is 4.96. The minimum atomic E-state index is -0.275. The van der Waals surface area contributed by atoms with Gasteiger partial charge in [-0.15, -0.1) is 0 Å². The summed E-state index contributed by atoms with van der Waals surface area (Å²) in [6.45, 7) is 2.53. The van der Waals surface area contributed by atoms with Gasteiger partial charge in [-0.1, -0.05) is 29.8 Å². The molecule has 2 nitrogen and oxygen atoms in total. The van der Waals surface area contributed by atoms with Crippen molar-refractivity contribution in [2.75, 3.05) is 0 Å². The number of nitrogens with one attached hydrogen (secondary N) is 1. The molecule has 72 valence electrons. The van der Waals surface area contributed by atoms with Crippen LogP contribution in [0.15, 0.2) is 24.3 Å². The van der Waals surface area contributed by atoms with E-state index >= 15 is 0 Å². The van der Waals surface area contributed by atoms with E-state index in [4.69, 9.17) is 0 Å². The van der Waals surface area contributed by atoms with Crippen LogP contribution in [-0.2, 0) is 11.3 Å². The number of hydrogen-bond acceptors (Lipinski definition) is 1. The first kappa shape index (κ1) is 10.8. The van der Waals surface area contributed by atoms with Crippen LogP contribution in [-0.4, -0.2) is 5.91 Å². The summed E-state index contributed by atoms with van der Waals surface area (Å²) in [5, 5.41) is 2.68. The monoisotopic (exact) mass is 251 g/mol. The van der Waals surface area contributed by atoms with Crippen molar-refractivity contribution in [2.45, 2.75) is 13.5 Å². The minimum Gasteiger partial charge on any atom is -0.341 e. The van der Waals surface area contributed by atoms with Gasteiger partial charge in [-0.3, -0.25) is 4.79 Å². The Morgan fingerprint density at radius 2 is 2.36 bits per heavy atom. The number of hydrogen-bond donors (Lipinski definition) is 1. The fraction of sp³-hybridized carbons (Fsp3) is 0.182. The topological polar surface area (TPSA) is 29.1 Å². The largest absolute Gasteiger partial charge is 0.341 e. The lowest BCUT2D eigenvalue weighted by molar-refractivity contribution is -0.115. The van der Waals surface area contributed by atoms with Crippen molar-refractivity contribution < 1.29 is 4.79 Å². The molecule has 0 fully saturated rings. The normalized spacial score (nSPS) is 8.71. The number of rotatable bonds is 2. The molecule has 1 aromatic carbocycles. The smallest absolute Gasteiger partial charge is 0.297 e. The molecule has 0 aliphatic rings. The number of benzene rings is 1. The summed E-state index contributed by atoms with van der Waals surface area (Å²) in [5.41, 5.74) is 2.26. The molecule has 0 saturated carbocycles. The first-order chi connectivity index (χ1) is 6.72. The van der Waals surface area contributed by atoms with Crippen LogP contribution in [0.3, 0.4) is 0 Å². The van der Waals surface area contributed by atoms with Crippen molar-refractivity contribution in [3.8, 4) is 10.8 Å². The molecule has 0 aliphatic carbocycles. The van der Waals surface area contributed by atoms with Crippen LogP contribution >= 0.6 is 15.9 Å². The zero-order chi connectivity index (χ0) is 10.4. The van der Waals surface area contributed by atoms with Gasteiger partial charge in [0.05, 0.1) is 0 Å². The van der Waals surface area contributed by atoms with Gasteiger partial charge in [-0.2, -0.15) is 0 Å². The van der Waals surface area contributed by atoms with Crippen molar-refractivity contribution in [3.05, 3.63) is 35.4 Å². The summed E-state index contributed by atoms with van der Waals surface area (Å²) in [7, 11) is 0. The predicted octanol–water partition coefficient (Wildman–Crippen LogP) is 1.97. The van der Waals surface area contributed by atoms with Crippen LogP contribution in [0.25, 0.3) is 0 Å². The molecule has 1 N–H and O–H groups in total. The molecule has 3 heteroatoms. The van der Waals surface area contributed by atoms with E-state index in [9.17, 15) is 4.79 Å². The van der Waals surface area contributed by atoms with E-state index in [0.717, 1.165) is 5.56 Å². The minimum absolute atomic E-state index is 0.275. The highest BCUT2D eigenvalue weighted by Crippen LogP contribution is 2.02. The van der Waals surface area contributed by atoms with Gasteiger partial charge >= 0.3 is 0 Å². The average Bonchev–Trinajstić information content (AvgIpc) is 2.15. The Hall–Kier alpha value is -1.27. The molecule has 1 aromatic rings. The maximum absolute atomic E-state index is 11.0. The van der Waals surface area contributed by atoms with E-state index < -0.39 is 0 Å². The van der Waals surface area contributed by atoms with Gasteiger partial charge in [0.1, 0.15) is 0 Å². The summed E-state index contributed by atoms with van der Waals surface area (Å²) < 4.78 is 0. The molecule has 0 aliphatic heterocycles. The van der Waals surface area contributed by atoms with E-state index in [1.807, 2.05) is 31.2 Å². The Morgan fingerprint density at radius 1 is 1.57 bits per heavy atom. The fourth-order valence-corrected chi connectivity index (χ4v) is 1.27.